The first-order valence-corrected chi connectivity index (χ1v) is 7.11. The first-order chi connectivity index (χ1) is 11.9. The van der Waals surface area contributed by atoms with Crippen LogP contribution in [0.1, 0.15) is 10.5 Å². The van der Waals surface area contributed by atoms with Crippen LogP contribution in [0.4, 0.5) is 23.2 Å². The highest BCUT2D eigenvalue weighted by Gasteiger charge is 2.19. The van der Waals surface area contributed by atoms with E-state index in [1.165, 1.54) is 17.8 Å². The van der Waals surface area contributed by atoms with Gasteiger partial charge in [-0.2, -0.15) is 5.10 Å². The topological polar surface area (TPSA) is 46.9 Å². The molecule has 1 aromatic heterocycles. The molecule has 2 aromatic carbocycles. The highest BCUT2D eigenvalue weighted by atomic mass is 19.1. The van der Waals surface area contributed by atoms with Crippen molar-refractivity contribution in [2.45, 2.75) is 0 Å². The van der Waals surface area contributed by atoms with Crippen LogP contribution < -0.4 is 5.32 Å². The number of amides is 1. The lowest BCUT2D eigenvalue weighted by molar-refractivity contribution is 0.102. The third kappa shape index (κ3) is 3.23. The van der Waals surface area contributed by atoms with Gasteiger partial charge in [-0.3, -0.25) is 9.48 Å². The lowest BCUT2D eigenvalue weighted by Crippen LogP contribution is -2.15. The molecule has 0 atom stereocenters. The minimum absolute atomic E-state index is 0.0916. The number of rotatable bonds is 3. The third-order valence-corrected chi connectivity index (χ3v) is 3.52. The Morgan fingerprint density at radius 3 is 2.36 bits per heavy atom. The second kappa shape index (κ2) is 6.39. The predicted octanol–water partition coefficient (Wildman–Crippen LogP) is 3.90. The van der Waals surface area contributed by atoms with Crippen LogP contribution in [0.15, 0.2) is 42.5 Å². The van der Waals surface area contributed by atoms with E-state index >= 15 is 0 Å². The largest absolute Gasteiger partial charge is 0.316 e. The Morgan fingerprint density at radius 1 is 1.00 bits per heavy atom. The van der Waals surface area contributed by atoms with E-state index in [4.69, 9.17) is 0 Å². The van der Waals surface area contributed by atoms with Crippen LogP contribution in [0.5, 0.6) is 0 Å². The maximum absolute atomic E-state index is 13.9. The second-order valence-electron chi connectivity index (χ2n) is 5.21. The molecular formula is C17H11F4N3O. The van der Waals surface area contributed by atoms with Crippen LogP contribution >= 0.6 is 0 Å². The fourth-order valence-corrected chi connectivity index (χ4v) is 2.32. The number of hydrogen-bond donors (Lipinski definition) is 1. The molecule has 1 N–H and O–H groups in total. The number of anilines is 1. The van der Waals surface area contributed by atoms with E-state index in [-0.39, 0.29) is 17.0 Å². The number of hydrogen-bond acceptors (Lipinski definition) is 2. The first kappa shape index (κ1) is 16.7. The van der Waals surface area contributed by atoms with Crippen molar-refractivity contribution in [3.63, 3.8) is 0 Å². The van der Waals surface area contributed by atoms with Crippen molar-refractivity contribution in [2.24, 2.45) is 7.05 Å². The molecule has 0 aliphatic carbocycles. The monoisotopic (exact) mass is 349 g/mol. The van der Waals surface area contributed by atoms with E-state index in [1.54, 1.807) is 0 Å². The molecule has 25 heavy (non-hydrogen) atoms. The molecule has 0 saturated heterocycles. The Hall–Kier alpha value is -3.16. The Bertz CT molecular complexity index is 948. The van der Waals surface area contributed by atoms with Gasteiger partial charge in [0.2, 0.25) is 0 Å². The van der Waals surface area contributed by atoms with Gasteiger partial charge in [-0.15, -0.1) is 0 Å². The number of halogens is 4. The van der Waals surface area contributed by atoms with Gasteiger partial charge in [-0.25, -0.2) is 17.6 Å². The highest BCUT2D eigenvalue weighted by molar-refractivity contribution is 6.03. The lowest BCUT2D eigenvalue weighted by atomic mass is 10.1. The number of benzene rings is 2. The van der Waals surface area contributed by atoms with E-state index in [2.05, 4.69) is 10.4 Å². The summed E-state index contributed by atoms with van der Waals surface area (Å²) in [6.07, 6.45) is 0. The summed E-state index contributed by atoms with van der Waals surface area (Å²) in [6.45, 7) is 0. The summed E-state index contributed by atoms with van der Waals surface area (Å²) in [5, 5.41) is 5.96. The molecule has 8 heteroatoms. The summed E-state index contributed by atoms with van der Waals surface area (Å²) < 4.78 is 55.6. The molecular weight excluding hydrogens is 338 g/mol. The zero-order chi connectivity index (χ0) is 18.1. The maximum atomic E-state index is 13.9. The Labute approximate surface area is 139 Å². The van der Waals surface area contributed by atoms with Crippen molar-refractivity contribution in [1.82, 2.24) is 9.78 Å². The van der Waals surface area contributed by atoms with E-state index in [1.807, 2.05) is 0 Å². The third-order valence-electron chi connectivity index (χ3n) is 3.52. The van der Waals surface area contributed by atoms with Crippen LogP contribution in [0.3, 0.4) is 0 Å². The average Bonchev–Trinajstić information content (AvgIpc) is 2.95. The van der Waals surface area contributed by atoms with Crippen molar-refractivity contribution in [3.8, 4) is 11.3 Å². The molecule has 0 fully saturated rings. The number of para-hydroxylation sites is 1. The normalized spacial score (nSPS) is 10.8. The van der Waals surface area contributed by atoms with E-state index < -0.39 is 34.9 Å². The molecule has 3 aromatic rings. The number of nitrogens with zero attached hydrogens (tertiary/aromatic N) is 2. The maximum Gasteiger partial charge on any atom is 0.276 e. The van der Waals surface area contributed by atoms with Gasteiger partial charge in [0.25, 0.3) is 5.91 Å². The van der Waals surface area contributed by atoms with Gasteiger partial charge in [0.1, 0.15) is 29.0 Å². The number of carbonyl (C=O) groups is 1. The smallest absolute Gasteiger partial charge is 0.276 e. The second-order valence-corrected chi connectivity index (χ2v) is 5.21. The summed E-state index contributed by atoms with van der Waals surface area (Å²) in [5.74, 6) is -4.13. The SMILES string of the molecule is Cn1nc(C(=O)Nc2c(F)cccc2F)cc1-c1cc(F)ccc1F. The van der Waals surface area contributed by atoms with Gasteiger partial charge in [0.05, 0.1) is 5.69 Å². The molecule has 0 unspecified atom stereocenters. The molecule has 0 aliphatic heterocycles. The molecule has 3 rings (SSSR count). The molecule has 1 amide bonds. The summed E-state index contributed by atoms with van der Waals surface area (Å²) >= 11 is 0. The summed E-state index contributed by atoms with van der Waals surface area (Å²) in [6, 6.07) is 7.22. The van der Waals surface area contributed by atoms with Crippen LogP contribution in [0.25, 0.3) is 11.3 Å². The summed E-state index contributed by atoms with van der Waals surface area (Å²) in [5.41, 5.74) is -0.775. The van der Waals surface area contributed by atoms with Crippen molar-refractivity contribution >= 4 is 11.6 Å². The molecule has 1 heterocycles. The molecule has 0 bridgehead atoms. The van der Waals surface area contributed by atoms with E-state index in [0.717, 1.165) is 36.4 Å². The van der Waals surface area contributed by atoms with Crippen molar-refractivity contribution in [3.05, 3.63) is 71.4 Å². The lowest BCUT2D eigenvalue weighted by Gasteiger charge is -2.05. The average molecular weight is 349 g/mol. The van der Waals surface area contributed by atoms with E-state index in [9.17, 15) is 22.4 Å². The first-order valence-electron chi connectivity index (χ1n) is 7.11. The Balaban J connectivity index is 1.95. The van der Waals surface area contributed by atoms with Crippen molar-refractivity contribution in [1.29, 1.82) is 0 Å². The number of nitrogens with one attached hydrogen (secondary N) is 1. The molecule has 0 aliphatic rings. The van der Waals surface area contributed by atoms with Gasteiger partial charge in [-0.1, -0.05) is 6.07 Å². The van der Waals surface area contributed by atoms with Crippen molar-refractivity contribution in [2.75, 3.05) is 5.32 Å². The van der Waals surface area contributed by atoms with Crippen LogP contribution in [0, 0.1) is 23.3 Å². The highest BCUT2D eigenvalue weighted by Crippen LogP contribution is 2.25. The zero-order valence-corrected chi connectivity index (χ0v) is 12.9. The number of aromatic nitrogens is 2. The van der Waals surface area contributed by atoms with Crippen LogP contribution in [-0.2, 0) is 7.05 Å². The number of aryl methyl sites for hydroxylation is 1. The van der Waals surface area contributed by atoms with Gasteiger partial charge >= 0.3 is 0 Å². The predicted molar refractivity (Wildman–Crippen MR) is 82.9 cm³/mol. The van der Waals surface area contributed by atoms with Gasteiger partial charge in [-0.05, 0) is 36.4 Å². The Kier molecular flexibility index (Phi) is 4.26. The molecule has 4 nitrogen and oxygen atoms in total. The van der Waals surface area contributed by atoms with E-state index in [0.29, 0.717) is 0 Å². The quantitative estimate of drug-likeness (QED) is 0.729. The van der Waals surface area contributed by atoms with Gasteiger partial charge in [0.15, 0.2) is 5.69 Å². The van der Waals surface area contributed by atoms with Gasteiger partial charge < -0.3 is 5.32 Å². The van der Waals surface area contributed by atoms with Crippen LogP contribution in [-0.4, -0.2) is 15.7 Å². The molecule has 0 radical (unpaired) electrons. The van der Waals surface area contributed by atoms with Crippen LogP contribution in [0.2, 0.25) is 0 Å². The minimum atomic E-state index is -0.944. The summed E-state index contributed by atoms with van der Waals surface area (Å²) in [4.78, 5) is 12.2. The molecule has 0 saturated carbocycles. The van der Waals surface area contributed by atoms with Crippen molar-refractivity contribution < 1.29 is 22.4 Å². The molecule has 0 spiro atoms. The zero-order valence-electron chi connectivity index (χ0n) is 12.9. The fraction of sp³-hybridized carbons (Fsp3) is 0.0588. The fourth-order valence-electron chi connectivity index (χ4n) is 2.32. The molecule has 128 valence electrons. The number of carbonyl (C=O) groups excluding carboxylic acids is 1. The minimum Gasteiger partial charge on any atom is -0.316 e. The standard InChI is InChI=1S/C17H11F4N3O/c1-24-15(10-7-9(18)5-6-11(10)19)8-14(23-24)17(25)22-16-12(20)3-2-4-13(16)21/h2-8H,1H3,(H,22,25). The summed E-state index contributed by atoms with van der Waals surface area (Å²) in [7, 11) is 1.43. The Morgan fingerprint density at radius 2 is 1.68 bits per heavy atom. The van der Waals surface area contributed by atoms with Gasteiger partial charge in [0, 0.05) is 12.6 Å².